The van der Waals surface area contributed by atoms with Gasteiger partial charge in [0, 0.05) is 18.0 Å². The van der Waals surface area contributed by atoms with Crippen molar-refractivity contribution in [3.05, 3.63) is 30.1 Å². The highest BCUT2D eigenvalue weighted by Crippen LogP contribution is 1.99. The highest BCUT2D eigenvalue weighted by atomic mass is 79.9. The minimum absolute atomic E-state index is 0. The molecule has 0 spiro atoms. The molecule has 0 aromatic carbocycles. The van der Waals surface area contributed by atoms with Crippen LogP contribution >= 0.6 is 15.9 Å². The highest BCUT2D eigenvalue weighted by molar-refractivity contribution is 9.09. The molecule has 0 radical (unpaired) electrons. The van der Waals surface area contributed by atoms with Crippen molar-refractivity contribution in [3.8, 4) is 0 Å². The molecule has 0 aliphatic heterocycles. The fraction of sp³-hybridized carbons (Fsp3) is 0.250. The van der Waals surface area contributed by atoms with Crippen molar-refractivity contribution in [2.75, 3.05) is 5.33 Å². The fourth-order valence-corrected chi connectivity index (χ4v) is 0.939. The van der Waals surface area contributed by atoms with Crippen LogP contribution in [0.1, 0.15) is 17.8 Å². The number of Topliss-reactive ketones (excluding diaryl/α,β-unsaturated/α-hetero) is 1. The molecule has 0 fully saturated rings. The lowest BCUT2D eigenvalue weighted by Crippen LogP contribution is -1.98. The molecule has 0 bridgehead atoms. The maximum Gasteiger partial charge on any atom is 0.173 e. The van der Waals surface area contributed by atoms with E-state index < -0.39 is 0 Å². The predicted octanol–water partition coefficient (Wildman–Crippen LogP) is 2.30. The van der Waals surface area contributed by atoms with Crippen LogP contribution < -0.4 is 0 Å². The lowest BCUT2D eigenvalue weighted by Gasteiger charge is -1.92. The first-order valence-electron chi connectivity index (χ1n) is 2.84. The summed E-state index contributed by atoms with van der Waals surface area (Å²) in [5.74, 6) is 0.0856. The molecule has 0 N–H and O–H groups in total. The Hall–Kier alpha value is -0.700. The average Bonchev–Trinajstić information content (AvgIpc) is 2.05. The van der Waals surface area contributed by atoms with Crippen molar-refractivity contribution in [2.24, 2.45) is 0 Å². The first-order valence-corrected chi connectivity index (χ1v) is 3.96. The summed E-state index contributed by atoms with van der Waals surface area (Å²) in [6.07, 6.45) is 3.21. The lowest BCUT2D eigenvalue weighted by molar-refractivity contribution is 0.102. The predicted molar refractivity (Wildman–Crippen MR) is 49.1 cm³/mol. The maximum atomic E-state index is 10.9. The molecule has 0 aliphatic carbocycles. The summed E-state index contributed by atoms with van der Waals surface area (Å²) in [7, 11) is 0. The third-order valence-electron chi connectivity index (χ3n) is 1.12. The number of halogens is 1. The summed E-state index contributed by atoms with van der Waals surface area (Å²) in [6, 6.07) is 3.40. The van der Waals surface area contributed by atoms with Crippen molar-refractivity contribution in [1.29, 1.82) is 0 Å². The number of ketones is 1. The van der Waals surface area contributed by atoms with Gasteiger partial charge >= 0.3 is 0 Å². The van der Waals surface area contributed by atoms with Crippen LogP contribution in [0.15, 0.2) is 24.5 Å². The Morgan fingerprint density at radius 1 is 1.45 bits per heavy atom. The van der Waals surface area contributed by atoms with E-state index in [2.05, 4.69) is 20.9 Å². The third kappa shape index (κ3) is 2.80. The molecular weight excluding hydrogens is 206 g/mol. The van der Waals surface area contributed by atoms with Crippen LogP contribution in [0.25, 0.3) is 0 Å². The van der Waals surface area contributed by atoms with E-state index in [4.69, 9.17) is 0 Å². The minimum atomic E-state index is 0. The van der Waals surface area contributed by atoms with Gasteiger partial charge < -0.3 is 0 Å². The van der Waals surface area contributed by atoms with Crippen molar-refractivity contribution >= 4 is 21.7 Å². The number of carbonyl (C=O) groups excluding carboxylic acids is 1. The van der Waals surface area contributed by atoms with Crippen molar-refractivity contribution in [2.45, 2.75) is 7.43 Å². The number of hydrogen-bond donors (Lipinski definition) is 0. The molecule has 1 heterocycles. The summed E-state index contributed by atoms with van der Waals surface area (Å²) in [5, 5.41) is 0.372. The van der Waals surface area contributed by atoms with Crippen LogP contribution in [-0.2, 0) is 0 Å². The molecular formula is C8H10BrNO. The molecule has 3 heteroatoms. The van der Waals surface area contributed by atoms with Gasteiger partial charge in [0.05, 0.1) is 5.33 Å². The largest absolute Gasteiger partial charge is 0.293 e. The van der Waals surface area contributed by atoms with Gasteiger partial charge in [-0.2, -0.15) is 0 Å². The molecule has 0 amide bonds. The second kappa shape index (κ2) is 5.02. The van der Waals surface area contributed by atoms with Gasteiger partial charge in [-0.25, -0.2) is 0 Å². The SMILES string of the molecule is C.O=C(CBr)c1ccncc1. The Bertz CT molecular complexity index is 223. The van der Waals surface area contributed by atoms with Gasteiger partial charge in [-0.05, 0) is 12.1 Å². The molecule has 0 unspecified atom stereocenters. The Balaban J connectivity index is 0.000001000. The fourth-order valence-electron chi connectivity index (χ4n) is 0.615. The summed E-state index contributed by atoms with van der Waals surface area (Å²) < 4.78 is 0. The zero-order valence-electron chi connectivity index (χ0n) is 5.25. The summed E-state index contributed by atoms with van der Waals surface area (Å²) >= 11 is 3.08. The van der Waals surface area contributed by atoms with E-state index >= 15 is 0 Å². The van der Waals surface area contributed by atoms with Crippen molar-refractivity contribution < 1.29 is 4.79 Å². The smallest absolute Gasteiger partial charge is 0.173 e. The highest BCUT2D eigenvalue weighted by Gasteiger charge is 2.00. The number of hydrogen-bond acceptors (Lipinski definition) is 2. The average molecular weight is 216 g/mol. The number of carbonyl (C=O) groups is 1. The zero-order chi connectivity index (χ0) is 7.40. The van der Waals surface area contributed by atoms with Crippen LogP contribution in [0.3, 0.4) is 0 Å². The lowest BCUT2D eigenvalue weighted by atomic mass is 10.2. The molecule has 0 saturated carbocycles. The number of aromatic nitrogens is 1. The van der Waals surface area contributed by atoms with E-state index in [1.54, 1.807) is 24.5 Å². The normalized spacial score (nSPS) is 8.45. The third-order valence-corrected chi connectivity index (χ3v) is 1.63. The van der Waals surface area contributed by atoms with Crippen LogP contribution in [-0.4, -0.2) is 16.1 Å². The van der Waals surface area contributed by atoms with Gasteiger partial charge in [0.15, 0.2) is 5.78 Å². The second-order valence-electron chi connectivity index (χ2n) is 1.79. The maximum absolute atomic E-state index is 10.9. The number of pyridine rings is 1. The second-order valence-corrected chi connectivity index (χ2v) is 2.35. The molecule has 11 heavy (non-hydrogen) atoms. The summed E-state index contributed by atoms with van der Waals surface area (Å²) in [4.78, 5) is 14.7. The van der Waals surface area contributed by atoms with Crippen LogP contribution in [0.5, 0.6) is 0 Å². The van der Waals surface area contributed by atoms with E-state index in [1.165, 1.54) is 0 Å². The van der Waals surface area contributed by atoms with Crippen molar-refractivity contribution in [1.82, 2.24) is 4.98 Å². The van der Waals surface area contributed by atoms with Gasteiger partial charge in [-0.1, -0.05) is 23.4 Å². The van der Waals surface area contributed by atoms with Crippen LogP contribution in [0, 0.1) is 0 Å². The Labute approximate surface area is 74.8 Å². The first kappa shape index (κ1) is 10.3. The molecule has 2 nitrogen and oxygen atoms in total. The minimum Gasteiger partial charge on any atom is -0.293 e. The van der Waals surface area contributed by atoms with Gasteiger partial charge in [0.1, 0.15) is 0 Å². The van der Waals surface area contributed by atoms with E-state index in [0.717, 1.165) is 0 Å². The zero-order valence-corrected chi connectivity index (χ0v) is 6.84. The van der Waals surface area contributed by atoms with E-state index in [9.17, 15) is 4.79 Å². The van der Waals surface area contributed by atoms with Gasteiger partial charge in [-0.15, -0.1) is 0 Å². The monoisotopic (exact) mass is 215 g/mol. The van der Waals surface area contributed by atoms with Crippen LogP contribution in [0.4, 0.5) is 0 Å². The van der Waals surface area contributed by atoms with Gasteiger partial charge in [-0.3, -0.25) is 9.78 Å². The quantitative estimate of drug-likeness (QED) is 0.560. The molecule has 0 aliphatic rings. The number of nitrogens with zero attached hydrogens (tertiary/aromatic N) is 1. The molecule has 1 rings (SSSR count). The van der Waals surface area contributed by atoms with Crippen molar-refractivity contribution in [3.63, 3.8) is 0 Å². The topological polar surface area (TPSA) is 30.0 Å². The molecule has 0 saturated heterocycles. The van der Waals surface area contributed by atoms with E-state index in [1.807, 2.05) is 0 Å². The summed E-state index contributed by atoms with van der Waals surface area (Å²) in [5.41, 5.74) is 0.701. The Kier molecular flexibility index (Phi) is 4.70. The number of alkyl halides is 1. The Morgan fingerprint density at radius 3 is 2.45 bits per heavy atom. The molecule has 0 atom stereocenters. The van der Waals surface area contributed by atoms with Gasteiger partial charge in [0.2, 0.25) is 0 Å². The van der Waals surface area contributed by atoms with E-state index in [-0.39, 0.29) is 13.2 Å². The molecule has 60 valence electrons. The number of rotatable bonds is 2. The molecule has 1 aromatic rings. The Morgan fingerprint density at radius 2 is 2.00 bits per heavy atom. The molecule has 1 aromatic heterocycles. The van der Waals surface area contributed by atoms with Crippen LogP contribution in [0.2, 0.25) is 0 Å². The standard InChI is InChI=1S/C7H6BrNO.CH4/c8-5-7(10)6-1-3-9-4-2-6;/h1-4H,5H2;1H4. The summed E-state index contributed by atoms with van der Waals surface area (Å²) in [6.45, 7) is 0. The van der Waals surface area contributed by atoms with Gasteiger partial charge in [0.25, 0.3) is 0 Å². The first-order chi connectivity index (χ1) is 4.84. The van der Waals surface area contributed by atoms with E-state index in [0.29, 0.717) is 10.9 Å².